The van der Waals surface area contributed by atoms with Gasteiger partial charge in [0.15, 0.2) is 0 Å². The molecule has 2 aromatic carbocycles. The van der Waals surface area contributed by atoms with E-state index < -0.39 is 29.0 Å². The first-order valence-corrected chi connectivity index (χ1v) is 5.44. The Morgan fingerprint density at radius 3 is 2.00 bits per heavy atom. The molecule has 0 aliphatic heterocycles. The van der Waals surface area contributed by atoms with Gasteiger partial charge >= 0.3 is 0 Å². The third-order valence-electron chi connectivity index (χ3n) is 2.44. The van der Waals surface area contributed by atoms with Gasteiger partial charge in [0.2, 0.25) is 0 Å². The third-order valence-corrected chi connectivity index (χ3v) is 2.44. The molecule has 96 valence electrons. The van der Waals surface area contributed by atoms with Gasteiger partial charge in [0.05, 0.1) is 0 Å². The molecule has 0 bridgehead atoms. The van der Waals surface area contributed by atoms with E-state index >= 15 is 0 Å². The molecule has 1 N–H and O–H groups in total. The largest absolute Gasteiger partial charge is 0.314 e. The molecule has 1 amide bonds. The third kappa shape index (κ3) is 2.82. The zero-order chi connectivity index (χ0) is 13.8. The Balaban J connectivity index is 2.21. The van der Waals surface area contributed by atoms with Crippen LogP contribution >= 0.6 is 0 Å². The van der Waals surface area contributed by atoms with E-state index in [2.05, 4.69) is 0 Å². The lowest BCUT2D eigenvalue weighted by atomic mass is 10.1. The van der Waals surface area contributed by atoms with Gasteiger partial charge in [-0.15, -0.1) is 0 Å². The van der Waals surface area contributed by atoms with E-state index in [-0.39, 0.29) is 5.56 Å². The van der Waals surface area contributed by atoms with Crippen molar-refractivity contribution in [3.63, 3.8) is 0 Å². The van der Waals surface area contributed by atoms with E-state index in [1.165, 1.54) is 18.2 Å². The molecule has 2 rings (SSSR count). The number of rotatable bonds is 3. The molecule has 0 heterocycles. The molecule has 0 atom stereocenters. The molecule has 3 nitrogen and oxygen atoms in total. The summed E-state index contributed by atoms with van der Waals surface area (Å²) in [5.74, 6) is -3.82. The minimum absolute atomic E-state index is 0.150. The number of anilines is 1. The van der Waals surface area contributed by atoms with Crippen LogP contribution < -0.4 is 5.32 Å². The molecule has 0 aliphatic rings. The molecule has 0 saturated heterocycles. The number of carbonyl (C=O) groups is 2. The maximum Gasteiger partial charge on any atom is 0.296 e. The second kappa shape index (κ2) is 5.39. The van der Waals surface area contributed by atoms with Gasteiger partial charge in [-0.3, -0.25) is 9.59 Å². The van der Waals surface area contributed by atoms with Crippen molar-refractivity contribution in [2.75, 3.05) is 5.32 Å². The van der Waals surface area contributed by atoms with E-state index in [0.717, 1.165) is 12.1 Å². The average Bonchev–Trinajstić information content (AvgIpc) is 2.43. The fraction of sp³-hybridized carbons (Fsp3) is 0. The van der Waals surface area contributed by atoms with Crippen molar-refractivity contribution in [2.45, 2.75) is 0 Å². The lowest BCUT2D eigenvalue weighted by molar-refractivity contribution is -0.112. The van der Waals surface area contributed by atoms with Crippen molar-refractivity contribution in [2.24, 2.45) is 0 Å². The average molecular weight is 261 g/mol. The Morgan fingerprint density at radius 1 is 0.842 bits per heavy atom. The summed E-state index contributed by atoms with van der Waals surface area (Å²) in [6.07, 6.45) is 0. The van der Waals surface area contributed by atoms with E-state index in [1.54, 1.807) is 18.2 Å². The van der Waals surface area contributed by atoms with E-state index in [9.17, 15) is 18.4 Å². The molecule has 0 unspecified atom stereocenters. The molecule has 0 fully saturated rings. The maximum absolute atomic E-state index is 13.3. The number of benzene rings is 2. The minimum Gasteiger partial charge on any atom is -0.314 e. The van der Waals surface area contributed by atoms with Crippen LogP contribution in [0.5, 0.6) is 0 Å². The van der Waals surface area contributed by atoms with Gasteiger partial charge in [-0.25, -0.2) is 8.78 Å². The van der Waals surface area contributed by atoms with Gasteiger partial charge in [0.1, 0.15) is 17.3 Å². The standard InChI is InChI=1S/C14H9F2NO2/c15-10-7-4-8-11(16)12(10)17-14(19)13(18)9-5-2-1-3-6-9/h1-8H,(H,17,19). The van der Waals surface area contributed by atoms with Crippen molar-refractivity contribution in [3.8, 4) is 0 Å². The highest BCUT2D eigenvalue weighted by atomic mass is 19.1. The van der Waals surface area contributed by atoms with E-state index in [4.69, 9.17) is 0 Å². The van der Waals surface area contributed by atoms with Crippen molar-refractivity contribution >= 4 is 17.4 Å². The van der Waals surface area contributed by atoms with Crippen LogP contribution in [0.1, 0.15) is 10.4 Å². The summed E-state index contributed by atoms with van der Waals surface area (Å²) >= 11 is 0. The van der Waals surface area contributed by atoms with Crippen molar-refractivity contribution in [3.05, 3.63) is 65.7 Å². The van der Waals surface area contributed by atoms with E-state index in [1.807, 2.05) is 5.32 Å². The van der Waals surface area contributed by atoms with Gasteiger partial charge in [-0.1, -0.05) is 36.4 Å². The molecule has 0 spiro atoms. The molecule has 0 aromatic heterocycles. The quantitative estimate of drug-likeness (QED) is 0.682. The van der Waals surface area contributed by atoms with Crippen LogP contribution in [0.3, 0.4) is 0 Å². The van der Waals surface area contributed by atoms with Gasteiger partial charge < -0.3 is 5.32 Å². The predicted molar refractivity (Wildman–Crippen MR) is 65.8 cm³/mol. The lowest BCUT2D eigenvalue weighted by Crippen LogP contribution is -2.24. The fourth-order valence-corrected chi connectivity index (χ4v) is 1.51. The first kappa shape index (κ1) is 12.9. The van der Waals surface area contributed by atoms with Gasteiger partial charge in [-0.2, -0.15) is 0 Å². The Morgan fingerprint density at radius 2 is 1.42 bits per heavy atom. The summed E-state index contributed by atoms with van der Waals surface area (Å²) < 4.78 is 26.6. The highest BCUT2D eigenvalue weighted by Gasteiger charge is 2.19. The number of Topliss-reactive ketones (excluding diaryl/α,β-unsaturated/α-hetero) is 1. The first-order chi connectivity index (χ1) is 9.09. The summed E-state index contributed by atoms with van der Waals surface area (Å²) in [4.78, 5) is 23.3. The molecule has 2 aromatic rings. The fourth-order valence-electron chi connectivity index (χ4n) is 1.51. The van der Waals surface area contributed by atoms with Crippen molar-refractivity contribution < 1.29 is 18.4 Å². The lowest BCUT2D eigenvalue weighted by Gasteiger charge is -2.06. The number of hydrogen-bond donors (Lipinski definition) is 1. The monoisotopic (exact) mass is 261 g/mol. The number of carbonyl (C=O) groups excluding carboxylic acids is 2. The SMILES string of the molecule is O=C(Nc1c(F)cccc1F)C(=O)c1ccccc1. The number of hydrogen-bond acceptors (Lipinski definition) is 2. The minimum atomic E-state index is -1.09. The number of para-hydroxylation sites is 1. The zero-order valence-corrected chi connectivity index (χ0v) is 9.69. The van der Waals surface area contributed by atoms with Crippen LogP contribution in [-0.4, -0.2) is 11.7 Å². The van der Waals surface area contributed by atoms with Crippen LogP contribution in [0.25, 0.3) is 0 Å². The highest BCUT2D eigenvalue weighted by Crippen LogP contribution is 2.18. The summed E-state index contributed by atoms with van der Waals surface area (Å²) in [5, 5.41) is 1.94. The van der Waals surface area contributed by atoms with Gasteiger partial charge in [0, 0.05) is 5.56 Å². The smallest absolute Gasteiger partial charge is 0.296 e. The Kier molecular flexibility index (Phi) is 3.66. The van der Waals surface area contributed by atoms with Crippen LogP contribution in [-0.2, 0) is 4.79 Å². The molecule has 0 radical (unpaired) electrons. The van der Waals surface area contributed by atoms with Crippen molar-refractivity contribution in [1.82, 2.24) is 0 Å². The predicted octanol–water partition coefficient (Wildman–Crippen LogP) is 2.79. The Labute approximate surface area is 107 Å². The zero-order valence-electron chi connectivity index (χ0n) is 9.69. The Hall–Kier alpha value is -2.56. The summed E-state index contributed by atoms with van der Waals surface area (Å²) in [6, 6.07) is 10.9. The topological polar surface area (TPSA) is 46.2 Å². The molecular formula is C14H9F2NO2. The molecule has 0 saturated carbocycles. The second-order valence-electron chi connectivity index (χ2n) is 3.75. The van der Waals surface area contributed by atoms with Gasteiger partial charge in [-0.05, 0) is 12.1 Å². The summed E-state index contributed by atoms with van der Waals surface area (Å²) in [7, 11) is 0. The molecule has 19 heavy (non-hydrogen) atoms. The van der Waals surface area contributed by atoms with Crippen LogP contribution in [0.15, 0.2) is 48.5 Å². The number of nitrogens with one attached hydrogen (secondary N) is 1. The molecule has 5 heteroatoms. The summed E-state index contributed by atoms with van der Waals surface area (Å²) in [5.41, 5.74) is -0.478. The second-order valence-corrected chi connectivity index (χ2v) is 3.75. The number of halogens is 2. The molecule has 0 aliphatic carbocycles. The maximum atomic E-state index is 13.3. The molecular weight excluding hydrogens is 252 g/mol. The van der Waals surface area contributed by atoms with Crippen LogP contribution in [0, 0.1) is 11.6 Å². The first-order valence-electron chi connectivity index (χ1n) is 5.44. The van der Waals surface area contributed by atoms with E-state index in [0.29, 0.717) is 0 Å². The highest BCUT2D eigenvalue weighted by molar-refractivity contribution is 6.46. The summed E-state index contributed by atoms with van der Waals surface area (Å²) in [6.45, 7) is 0. The number of ketones is 1. The normalized spacial score (nSPS) is 10.0. The van der Waals surface area contributed by atoms with Crippen LogP contribution in [0.2, 0.25) is 0 Å². The Bertz CT molecular complexity index is 606. The van der Waals surface area contributed by atoms with Gasteiger partial charge in [0.25, 0.3) is 11.7 Å². The van der Waals surface area contributed by atoms with Crippen molar-refractivity contribution in [1.29, 1.82) is 0 Å². The van der Waals surface area contributed by atoms with Crippen LogP contribution in [0.4, 0.5) is 14.5 Å². The number of amides is 1.